The van der Waals surface area contributed by atoms with Gasteiger partial charge in [0.1, 0.15) is 0 Å². The van der Waals surface area contributed by atoms with E-state index in [1.54, 1.807) is 0 Å². The number of halogens is 1. The van der Waals surface area contributed by atoms with E-state index < -0.39 is 0 Å². The normalized spacial score (nSPS) is 7.73. The number of amides is 1. The van der Waals surface area contributed by atoms with Gasteiger partial charge in [0, 0.05) is 6.42 Å². The summed E-state index contributed by atoms with van der Waals surface area (Å²) in [6, 6.07) is 0. The number of carbonyl (C=O) groups is 1. The van der Waals surface area contributed by atoms with Crippen LogP contribution in [-0.2, 0) is 4.79 Å². The van der Waals surface area contributed by atoms with Gasteiger partial charge < -0.3 is 11.2 Å². The Morgan fingerprint density at radius 2 is 1.82 bits per heavy atom. The van der Waals surface area contributed by atoms with Crippen molar-refractivity contribution >= 4 is 18.3 Å². The van der Waals surface area contributed by atoms with Crippen molar-refractivity contribution in [3.63, 3.8) is 0 Å². The van der Waals surface area contributed by atoms with Crippen LogP contribution >= 0.6 is 12.4 Å². The van der Waals surface area contributed by atoms with Gasteiger partial charge >= 0.3 is 0 Å². The molecular weight excluding hydrogens is 166 g/mol. The maximum absolute atomic E-state index is 10.2. The van der Waals surface area contributed by atoms with Gasteiger partial charge in [-0.05, 0) is 6.42 Å². The van der Waals surface area contributed by atoms with Crippen molar-refractivity contribution in [2.24, 2.45) is 5.73 Å². The average molecular weight is 184 g/mol. The molecule has 0 saturated carbocycles. The molecule has 0 aromatic rings. The van der Waals surface area contributed by atoms with Crippen molar-refractivity contribution < 1.29 is 10.3 Å². The van der Waals surface area contributed by atoms with Crippen LogP contribution < -0.4 is 5.73 Å². The lowest BCUT2D eigenvalue weighted by molar-refractivity contribution is -0.118. The summed E-state index contributed by atoms with van der Waals surface area (Å²) in [5.74, 6) is -0.175. The van der Waals surface area contributed by atoms with Crippen LogP contribution in [0.1, 0.15) is 39.0 Å². The van der Waals surface area contributed by atoms with Crippen molar-refractivity contribution in [3.8, 4) is 0 Å². The van der Waals surface area contributed by atoms with E-state index in [0.717, 1.165) is 12.8 Å². The smallest absolute Gasteiger partial charge is 0.217 e. The summed E-state index contributed by atoms with van der Waals surface area (Å²) < 4.78 is 0. The molecule has 0 heterocycles. The first kappa shape index (κ1) is 17.0. The Hall–Kier alpha value is -0.280. The molecular formula is C7H18ClNO2. The maximum Gasteiger partial charge on any atom is 0.217 e. The van der Waals surface area contributed by atoms with Crippen LogP contribution in [0.2, 0.25) is 0 Å². The summed E-state index contributed by atoms with van der Waals surface area (Å²) in [4.78, 5) is 10.2. The second-order valence-electron chi connectivity index (χ2n) is 2.28. The fourth-order valence-corrected chi connectivity index (χ4v) is 0.726. The van der Waals surface area contributed by atoms with Crippen molar-refractivity contribution in [3.05, 3.63) is 0 Å². The number of unbranched alkanes of at least 4 members (excludes halogenated alkanes) is 3. The van der Waals surface area contributed by atoms with E-state index in [1.165, 1.54) is 12.8 Å². The van der Waals surface area contributed by atoms with Gasteiger partial charge in [0.05, 0.1) is 0 Å². The lowest BCUT2D eigenvalue weighted by Gasteiger charge is -1.93. The molecule has 11 heavy (non-hydrogen) atoms. The third kappa shape index (κ3) is 17.7. The molecule has 3 nitrogen and oxygen atoms in total. The summed E-state index contributed by atoms with van der Waals surface area (Å²) in [6.45, 7) is 2.14. The van der Waals surface area contributed by atoms with Gasteiger partial charge in [-0.15, -0.1) is 12.4 Å². The molecule has 70 valence electrons. The molecule has 0 aliphatic heterocycles. The van der Waals surface area contributed by atoms with Crippen LogP contribution in [0.5, 0.6) is 0 Å². The van der Waals surface area contributed by atoms with Crippen LogP contribution in [0.3, 0.4) is 0 Å². The van der Waals surface area contributed by atoms with Gasteiger partial charge in [-0.25, -0.2) is 0 Å². The van der Waals surface area contributed by atoms with Gasteiger partial charge in [0.2, 0.25) is 5.91 Å². The number of hydrogen-bond donors (Lipinski definition) is 1. The van der Waals surface area contributed by atoms with Crippen molar-refractivity contribution in [2.45, 2.75) is 39.0 Å². The highest BCUT2D eigenvalue weighted by atomic mass is 35.5. The standard InChI is InChI=1S/C7H15NO.ClH.H2O/c1-2-3-4-5-6-7(8)9;;/h2-6H2,1H3,(H2,8,9);1H;1H2. The number of rotatable bonds is 5. The van der Waals surface area contributed by atoms with Crippen LogP contribution in [0.25, 0.3) is 0 Å². The third-order valence-corrected chi connectivity index (χ3v) is 1.28. The fraction of sp³-hybridized carbons (Fsp3) is 0.857. The molecule has 1 amide bonds. The van der Waals surface area contributed by atoms with E-state index >= 15 is 0 Å². The minimum absolute atomic E-state index is 0. The highest BCUT2D eigenvalue weighted by Gasteiger charge is 1.91. The lowest BCUT2D eigenvalue weighted by atomic mass is 10.1. The molecule has 0 aliphatic carbocycles. The zero-order valence-corrected chi connectivity index (χ0v) is 7.75. The monoisotopic (exact) mass is 183 g/mol. The zero-order chi connectivity index (χ0) is 7.11. The maximum atomic E-state index is 10.2. The molecule has 0 aromatic carbocycles. The van der Waals surface area contributed by atoms with E-state index in [0.29, 0.717) is 6.42 Å². The second-order valence-corrected chi connectivity index (χ2v) is 2.28. The van der Waals surface area contributed by atoms with E-state index in [1.807, 2.05) is 0 Å². The molecule has 0 aromatic heterocycles. The molecule has 0 spiro atoms. The Morgan fingerprint density at radius 1 is 1.27 bits per heavy atom. The fourth-order valence-electron chi connectivity index (χ4n) is 0.726. The average Bonchev–Trinajstić information content (AvgIpc) is 1.80. The van der Waals surface area contributed by atoms with Gasteiger partial charge in [-0.1, -0.05) is 26.2 Å². The van der Waals surface area contributed by atoms with Crippen molar-refractivity contribution in [2.75, 3.05) is 0 Å². The third-order valence-electron chi connectivity index (χ3n) is 1.28. The molecule has 4 heteroatoms. The van der Waals surface area contributed by atoms with Gasteiger partial charge in [-0.3, -0.25) is 4.79 Å². The van der Waals surface area contributed by atoms with Crippen LogP contribution in [0.15, 0.2) is 0 Å². The molecule has 0 radical (unpaired) electrons. The zero-order valence-electron chi connectivity index (χ0n) is 6.93. The summed E-state index contributed by atoms with van der Waals surface area (Å²) in [6.07, 6.45) is 5.08. The molecule has 0 aliphatic rings. The van der Waals surface area contributed by atoms with Crippen molar-refractivity contribution in [1.29, 1.82) is 0 Å². The molecule has 0 bridgehead atoms. The molecule has 0 unspecified atom stereocenters. The first-order valence-electron chi connectivity index (χ1n) is 3.55. The first-order valence-corrected chi connectivity index (χ1v) is 3.55. The second kappa shape index (κ2) is 12.4. The minimum Gasteiger partial charge on any atom is -0.412 e. The molecule has 0 rings (SSSR count). The predicted octanol–water partition coefficient (Wildman–Crippen LogP) is 1.04. The number of hydrogen-bond acceptors (Lipinski definition) is 1. The van der Waals surface area contributed by atoms with Crippen LogP contribution in [-0.4, -0.2) is 11.4 Å². The Balaban J connectivity index is -0.000000320. The quantitative estimate of drug-likeness (QED) is 0.636. The largest absolute Gasteiger partial charge is 0.412 e. The Labute approximate surface area is 74.1 Å². The highest BCUT2D eigenvalue weighted by molar-refractivity contribution is 5.85. The number of nitrogens with two attached hydrogens (primary N) is 1. The SMILES string of the molecule is CCCCCCC(N)=O.Cl.O. The van der Waals surface area contributed by atoms with Gasteiger partial charge in [0.15, 0.2) is 0 Å². The topological polar surface area (TPSA) is 74.6 Å². The molecule has 0 fully saturated rings. The molecule has 0 saturated heterocycles. The summed E-state index contributed by atoms with van der Waals surface area (Å²) in [5.41, 5.74) is 4.94. The Kier molecular flexibility index (Phi) is 19.2. The molecule has 4 N–H and O–H groups in total. The lowest BCUT2D eigenvalue weighted by Crippen LogP contribution is -2.09. The minimum atomic E-state index is -0.175. The summed E-state index contributed by atoms with van der Waals surface area (Å²) in [7, 11) is 0. The number of primary amides is 1. The molecule has 0 atom stereocenters. The van der Waals surface area contributed by atoms with E-state index in [4.69, 9.17) is 5.73 Å². The van der Waals surface area contributed by atoms with Crippen molar-refractivity contribution in [1.82, 2.24) is 0 Å². The van der Waals surface area contributed by atoms with E-state index in [-0.39, 0.29) is 23.8 Å². The van der Waals surface area contributed by atoms with Gasteiger partial charge in [0.25, 0.3) is 0 Å². The highest BCUT2D eigenvalue weighted by Crippen LogP contribution is 2.00. The predicted molar refractivity (Wildman–Crippen MR) is 48.8 cm³/mol. The number of carbonyl (C=O) groups excluding carboxylic acids is 1. The van der Waals surface area contributed by atoms with Crippen LogP contribution in [0.4, 0.5) is 0 Å². The van der Waals surface area contributed by atoms with E-state index in [9.17, 15) is 4.79 Å². The summed E-state index contributed by atoms with van der Waals surface area (Å²) >= 11 is 0. The Morgan fingerprint density at radius 3 is 2.18 bits per heavy atom. The van der Waals surface area contributed by atoms with E-state index in [2.05, 4.69) is 6.92 Å². The Bertz CT molecular complexity index is 88.5. The summed E-state index contributed by atoms with van der Waals surface area (Å²) in [5, 5.41) is 0. The first-order chi connectivity index (χ1) is 4.27. The van der Waals surface area contributed by atoms with Gasteiger partial charge in [-0.2, -0.15) is 0 Å². The van der Waals surface area contributed by atoms with Crippen LogP contribution in [0, 0.1) is 0 Å².